The van der Waals surface area contributed by atoms with Crippen molar-refractivity contribution in [2.75, 3.05) is 6.54 Å². The summed E-state index contributed by atoms with van der Waals surface area (Å²) >= 11 is 3.25. The number of aryl methyl sites for hydroxylation is 1. The van der Waals surface area contributed by atoms with Crippen molar-refractivity contribution < 1.29 is 8.94 Å². The number of rotatable bonds is 5. The molecule has 5 nitrogen and oxygen atoms in total. The van der Waals surface area contributed by atoms with E-state index in [1.54, 1.807) is 6.92 Å². The summed E-state index contributed by atoms with van der Waals surface area (Å²) in [4.78, 5) is 4.11. The molecule has 86 valence electrons. The van der Waals surface area contributed by atoms with Crippen LogP contribution >= 0.6 is 15.9 Å². The minimum atomic E-state index is 0.658. The Morgan fingerprint density at radius 3 is 2.94 bits per heavy atom. The molecular weight excluding hydrogens is 274 g/mol. The molecule has 0 fully saturated rings. The first kappa shape index (κ1) is 11.3. The second kappa shape index (κ2) is 5.27. The quantitative estimate of drug-likeness (QED) is 0.852. The third kappa shape index (κ3) is 3.18. The molecule has 0 aliphatic carbocycles. The van der Waals surface area contributed by atoms with Gasteiger partial charge in [-0.1, -0.05) is 5.16 Å². The topological polar surface area (TPSA) is 64.1 Å². The second-order valence-corrected chi connectivity index (χ2v) is 4.15. The van der Waals surface area contributed by atoms with E-state index in [-0.39, 0.29) is 0 Å². The number of nitrogens with zero attached hydrogens (tertiary/aromatic N) is 2. The first-order valence-electron chi connectivity index (χ1n) is 4.98. The van der Waals surface area contributed by atoms with Crippen LogP contribution in [0.4, 0.5) is 0 Å². The third-order valence-corrected chi connectivity index (χ3v) is 2.44. The molecule has 0 aliphatic rings. The van der Waals surface area contributed by atoms with Crippen LogP contribution in [0.3, 0.4) is 0 Å². The highest BCUT2D eigenvalue weighted by Crippen LogP contribution is 2.13. The minimum absolute atomic E-state index is 0.658. The SMILES string of the molecule is Cc1noc(CCNCc2ccc(Br)o2)n1. The highest BCUT2D eigenvalue weighted by atomic mass is 79.9. The number of halogens is 1. The molecule has 16 heavy (non-hydrogen) atoms. The van der Waals surface area contributed by atoms with E-state index < -0.39 is 0 Å². The Bertz CT molecular complexity index is 410. The average Bonchev–Trinajstić information content (AvgIpc) is 2.83. The Hall–Kier alpha value is -1.14. The zero-order valence-electron chi connectivity index (χ0n) is 8.86. The fourth-order valence-electron chi connectivity index (χ4n) is 1.30. The van der Waals surface area contributed by atoms with Crippen molar-refractivity contribution in [3.8, 4) is 0 Å². The summed E-state index contributed by atoms with van der Waals surface area (Å²) in [5.41, 5.74) is 0. The van der Waals surface area contributed by atoms with Crippen molar-refractivity contribution in [1.29, 1.82) is 0 Å². The number of aromatic nitrogens is 2. The normalized spacial score (nSPS) is 10.9. The molecule has 0 aliphatic heterocycles. The van der Waals surface area contributed by atoms with Crippen LogP contribution in [0.25, 0.3) is 0 Å². The number of nitrogens with one attached hydrogen (secondary N) is 1. The molecule has 0 saturated heterocycles. The van der Waals surface area contributed by atoms with Crippen LogP contribution in [0.1, 0.15) is 17.5 Å². The van der Waals surface area contributed by atoms with E-state index in [0.29, 0.717) is 18.3 Å². The Balaban J connectivity index is 1.69. The lowest BCUT2D eigenvalue weighted by Crippen LogP contribution is -2.16. The molecule has 0 radical (unpaired) electrons. The van der Waals surface area contributed by atoms with E-state index in [0.717, 1.165) is 23.4 Å². The smallest absolute Gasteiger partial charge is 0.227 e. The summed E-state index contributed by atoms with van der Waals surface area (Å²) in [6, 6.07) is 3.80. The van der Waals surface area contributed by atoms with Crippen LogP contribution in [-0.2, 0) is 13.0 Å². The van der Waals surface area contributed by atoms with E-state index in [4.69, 9.17) is 8.94 Å². The lowest BCUT2D eigenvalue weighted by atomic mass is 10.4. The van der Waals surface area contributed by atoms with Crippen LogP contribution in [0.2, 0.25) is 0 Å². The van der Waals surface area contributed by atoms with Gasteiger partial charge in [-0.15, -0.1) is 0 Å². The fraction of sp³-hybridized carbons (Fsp3) is 0.400. The summed E-state index contributed by atoms with van der Waals surface area (Å²) in [5, 5.41) is 6.95. The van der Waals surface area contributed by atoms with Crippen molar-refractivity contribution in [1.82, 2.24) is 15.5 Å². The van der Waals surface area contributed by atoms with Gasteiger partial charge in [0.1, 0.15) is 5.76 Å². The van der Waals surface area contributed by atoms with Crippen LogP contribution < -0.4 is 5.32 Å². The molecule has 1 N–H and O–H groups in total. The average molecular weight is 286 g/mol. The highest BCUT2D eigenvalue weighted by Gasteiger charge is 2.02. The van der Waals surface area contributed by atoms with Gasteiger partial charge in [0.25, 0.3) is 0 Å². The fourth-order valence-corrected chi connectivity index (χ4v) is 1.64. The molecule has 0 amide bonds. The van der Waals surface area contributed by atoms with E-state index in [1.165, 1.54) is 0 Å². The summed E-state index contributed by atoms with van der Waals surface area (Å²) in [6.45, 7) is 3.28. The molecule has 0 saturated carbocycles. The maximum atomic E-state index is 5.34. The van der Waals surface area contributed by atoms with Gasteiger partial charge in [-0.3, -0.25) is 0 Å². The van der Waals surface area contributed by atoms with Gasteiger partial charge in [0.2, 0.25) is 5.89 Å². The number of furan rings is 1. The van der Waals surface area contributed by atoms with E-state index in [9.17, 15) is 0 Å². The van der Waals surface area contributed by atoms with E-state index in [2.05, 4.69) is 31.4 Å². The molecule has 0 spiro atoms. The van der Waals surface area contributed by atoms with Crippen LogP contribution in [0.15, 0.2) is 25.7 Å². The van der Waals surface area contributed by atoms with Crippen molar-refractivity contribution in [2.45, 2.75) is 19.9 Å². The van der Waals surface area contributed by atoms with Crippen LogP contribution in [-0.4, -0.2) is 16.7 Å². The summed E-state index contributed by atoms with van der Waals surface area (Å²) < 4.78 is 11.1. The molecule has 2 aromatic heterocycles. The number of hydrogen-bond donors (Lipinski definition) is 1. The van der Waals surface area contributed by atoms with Gasteiger partial charge in [-0.05, 0) is 35.0 Å². The van der Waals surface area contributed by atoms with Crippen molar-refractivity contribution >= 4 is 15.9 Å². The molecule has 2 rings (SSSR count). The molecule has 2 aromatic rings. The second-order valence-electron chi connectivity index (χ2n) is 3.37. The van der Waals surface area contributed by atoms with Crippen molar-refractivity contribution in [3.63, 3.8) is 0 Å². The summed E-state index contributed by atoms with van der Waals surface area (Å²) in [5.74, 6) is 2.23. The zero-order chi connectivity index (χ0) is 11.4. The van der Waals surface area contributed by atoms with Gasteiger partial charge in [-0.2, -0.15) is 4.98 Å². The zero-order valence-corrected chi connectivity index (χ0v) is 10.5. The third-order valence-electron chi connectivity index (χ3n) is 2.01. The number of hydrogen-bond acceptors (Lipinski definition) is 5. The van der Waals surface area contributed by atoms with Gasteiger partial charge < -0.3 is 14.3 Å². The summed E-state index contributed by atoms with van der Waals surface area (Å²) in [7, 11) is 0. The van der Waals surface area contributed by atoms with Gasteiger partial charge in [0.05, 0.1) is 6.54 Å². The van der Waals surface area contributed by atoms with Crippen molar-refractivity contribution in [2.24, 2.45) is 0 Å². The van der Waals surface area contributed by atoms with Crippen LogP contribution in [0.5, 0.6) is 0 Å². The first-order valence-corrected chi connectivity index (χ1v) is 5.77. The Labute approximate surface area is 101 Å². The standard InChI is InChI=1S/C10H12BrN3O2/c1-7-13-10(16-14-7)4-5-12-6-8-2-3-9(11)15-8/h2-3,12H,4-6H2,1H3. The molecule has 0 aromatic carbocycles. The Kier molecular flexibility index (Phi) is 3.74. The molecule has 2 heterocycles. The first-order chi connectivity index (χ1) is 7.74. The predicted molar refractivity (Wildman–Crippen MR) is 60.9 cm³/mol. The van der Waals surface area contributed by atoms with Crippen molar-refractivity contribution in [3.05, 3.63) is 34.3 Å². The molecular formula is C10H12BrN3O2. The molecule has 0 atom stereocenters. The van der Waals surface area contributed by atoms with E-state index in [1.807, 2.05) is 12.1 Å². The lowest BCUT2D eigenvalue weighted by molar-refractivity contribution is 0.370. The molecule has 0 unspecified atom stereocenters. The van der Waals surface area contributed by atoms with Gasteiger partial charge in [0, 0.05) is 13.0 Å². The van der Waals surface area contributed by atoms with Gasteiger partial charge in [0.15, 0.2) is 10.5 Å². The maximum Gasteiger partial charge on any atom is 0.227 e. The maximum absolute atomic E-state index is 5.34. The lowest BCUT2D eigenvalue weighted by Gasteiger charge is -1.99. The molecule has 6 heteroatoms. The van der Waals surface area contributed by atoms with Gasteiger partial charge >= 0.3 is 0 Å². The van der Waals surface area contributed by atoms with Crippen LogP contribution in [0, 0.1) is 6.92 Å². The minimum Gasteiger partial charge on any atom is -0.453 e. The Morgan fingerprint density at radius 2 is 2.31 bits per heavy atom. The monoisotopic (exact) mass is 285 g/mol. The van der Waals surface area contributed by atoms with Gasteiger partial charge in [-0.25, -0.2) is 0 Å². The Morgan fingerprint density at radius 1 is 1.44 bits per heavy atom. The van der Waals surface area contributed by atoms with E-state index >= 15 is 0 Å². The predicted octanol–water partition coefficient (Wildman–Crippen LogP) is 2.07. The molecule has 0 bridgehead atoms. The highest BCUT2D eigenvalue weighted by molar-refractivity contribution is 9.10. The summed E-state index contributed by atoms with van der Waals surface area (Å²) in [6.07, 6.45) is 0.725. The largest absolute Gasteiger partial charge is 0.453 e.